The smallest absolute Gasteiger partial charge is 0.371 e. The van der Waals surface area contributed by atoms with Gasteiger partial charge in [0.2, 0.25) is 5.76 Å². The Morgan fingerprint density at radius 3 is 2.50 bits per heavy atom. The van der Waals surface area contributed by atoms with Crippen molar-refractivity contribution in [2.24, 2.45) is 0 Å². The first kappa shape index (κ1) is 11.0. The van der Waals surface area contributed by atoms with Crippen LogP contribution in [0.2, 0.25) is 10.0 Å². The van der Waals surface area contributed by atoms with E-state index < -0.39 is 17.4 Å². The van der Waals surface area contributed by atoms with Gasteiger partial charge in [0.05, 0.1) is 10.4 Å². The first-order chi connectivity index (χ1) is 7.49. The predicted octanol–water partition coefficient (Wildman–Crippen LogP) is 2.80. The SMILES string of the molecule is O=C(O)c1cc2c(Cl)cc(Cl)cc2c(=O)o1. The molecule has 0 spiro atoms. The average Bonchev–Trinajstić information content (AvgIpc) is 2.19. The van der Waals surface area contributed by atoms with E-state index in [4.69, 9.17) is 28.3 Å². The highest BCUT2D eigenvalue weighted by Crippen LogP contribution is 2.26. The van der Waals surface area contributed by atoms with E-state index >= 15 is 0 Å². The Bertz CT molecular complexity index is 645. The third kappa shape index (κ3) is 1.77. The summed E-state index contributed by atoms with van der Waals surface area (Å²) in [6.45, 7) is 0. The van der Waals surface area contributed by atoms with Crippen molar-refractivity contribution in [3.8, 4) is 0 Å². The van der Waals surface area contributed by atoms with Crippen LogP contribution in [0.3, 0.4) is 0 Å². The first-order valence-corrected chi connectivity index (χ1v) is 4.91. The van der Waals surface area contributed by atoms with Crippen molar-refractivity contribution >= 4 is 39.9 Å². The van der Waals surface area contributed by atoms with E-state index in [1.165, 1.54) is 18.2 Å². The fraction of sp³-hybridized carbons (Fsp3) is 0. The maximum absolute atomic E-state index is 11.5. The van der Waals surface area contributed by atoms with E-state index in [0.717, 1.165) is 0 Å². The van der Waals surface area contributed by atoms with Crippen LogP contribution in [0, 0.1) is 0 Å². The molecule has 6 heteroatoms. The van der Waals surface area contributed by atoms with Gasteiger partial charge in [-0.05, 0) is 18.2 Å². The summed E-state index contributed by atoms with van der Waals surface area (Å²) in [6.07, 6.45) is 0. The summed E-state index contributed by atoms with van der Waals surface area (Å²) in [6, 6.07) is 3.99. The zero-order valence-corrected chi connectivity index (χ0v) is 9.17. The molecule has 0 aliphatic rings. The number of halogens is 2. The maximum atomic E-state index is 11.5. The summed E-state index contributed by atoms with van der Waals surface area (Å²) in [5, 5.41) is 9.66. The molecule has 0 aliphatic carbocycles. The monoisotopic (exact) mass is 258 g/mol. The lowest BCUT2D eigenvalue weighted by atomic mass is 10.1. The number of benzene rings is 1. The first-order valence-electron chi connectivity index (χ1n) is 4.15. The van der Waals surface area contributed by atoms with Gasteiger partial charge in [-0.3, -0.25) is 0 Å². The number of fused-ring (bicyclic) bond motifs is 1. The van der Waals surface area contributed by atoms with Crippen molar-refractivity contribution in [2.75, 3.05) is 0 Å². The molecule has 1 heterocycles. The van der Waals surface area contributed by atoms with E-state index in [1.54, 1.807) is 0 Å². The normalized spacial score (nSPS) is 10.6. The molecule has 1 aromatic heterocycles. The van der Waals surface area contributed by atoms with Gasteiger partial charge in [-0.1, -0.05) is 23.2 Å². The number of rotatable bonds is 1. The van der Waals surface area contributed by atoms with Crippen LogP contribution in [-0.2, 0) is 0 Å². The third-order valence-corrected chi connectivity index (χ3v) is 2.53. The summed E-state index contributed by atoms with van der Waals surface area (Å²) >= 11 is 11.6. The van der Waals surface area contributed by atoms with Crippen LogP contribution in [0.5, 0.6) is 0 Å². The van der Waals surface area contributed by atoms with Gasteiger partial charge in [-0.25, -0.2) is 9.59 Å². The largest absolute Gasteiger partial charge is 0.475 e. The van der Waals surface area contributed by atoms with Gasteiger partial charge in [-0.2, -0.15) is 0 Å². The van der Waals surface area contributed by atoms with Crippen LogP contribution in [0.15, 0.2) is 27.4 Å². The summed E-state index contributed by atoms with van der Waals surface area (Å²) in [5.41, 5.74) is -0.778. The van der Waals surface area contributed by atoms with Crippen LogP contribution in [0.25, 0.3) is 10.8 Å². The molecule has 0 atom stereocenters. The van der Waals surface area contributed by atoms with Gasteiger partial charge in [-0.15, -0.1) is 0 Å². The Kier molecular flexibility index (Phi) is 2.61. The zero-order valence-electron chi connectivity index (χ0n) is 7.66. The van der Waals surface area contributed by atoms with Crippen LogP contribution in [-0.4, -0.2) is 11.1 Å². The molecule has 2 rings (SSSR count). The highest BCUT2D eigenvalue weighted by atomic mass is 35.5. The summed E-state index contributed by atoms with van der Waals surface area (Å²) in [7, 11) is 0. The minimum absolute atomic E-state index is 0.155. The lowest BCUT2D eigenvalue weighted by Crippen LogP contribution is -2.06. The second kappa shape index (κ2) is 3.81. The van der Waals surface area contributed by atoms with Crippen molar-refractivity contribution in [3.05, 3.63) is 44.4 Å². The zero-order chi connectivity index (χ0) is 11.9. The average molecular weight is 259 g/mol. The van der Waals surface area contributed by atoms with Crippen LogP contribution < -0.4 is 5.63 Å². The Labute approximate surface area is 99.0 Å². The van der Waals surface area contributed by atoms with E-state index in [-0.39, 0.29) is 15.4 Å². The molecule has 0 unspecified atom stereocenters. The maximum Gasteiger partial charge on any atom is 0.371 e. The van der Waals surface area contributed by atoms with E-state index in [0.29, 0.717) is 5.39 Å². The Balaban J connectivity index is 2.93. The Morgan fingerprint density at radius 2 is 1.88 bits per heavy atom. The van der Waals surface area contributed by atoms with Crippen molar-refractivity contribution < 1.29 is 14.3 Å². The second-order valence-electron chi connectivity index (χ2n) is 3.05. The molecule has 0 saturated carbocycles. The number of carboxylic acids is 1. The summed E-state index contributed by atoms with van der Waals surface area (Å²) in [4.78, 5) is 22.1. The third-order valence-electron chi connectivity index (χ3n) is 2.00. The molecule has 0 aliphatic heterocycles. The summed E-state index contributed by atoms with van der Waals surface area (Å²) in [5.74, 6) is -1.79. The van der Waals surface area contributed by atoms with Gasteiger partial charge < -0.3 is 9.52 Å². The molecule has 4 nitrogen and oxygen atoms in total. The quantitative estimate of drug-likeness (QED) is 0.854. The number of aromatic carboxylic acids is 1. The van der Waals surface area contributed by atoms with Gasteiger partial charge in [0, 0.05) is 10.4 Å². The number of hydrogen-bond donors (Lipinski definition) is 1. The molecule has 0 radical (unpaired) electrons. The molecule has 0 amide bonds. The molecule has 1 N–H and O–H groups in total. The van der Waals surface area contributed by atoms with Crippen molar-refractivity contribution in [1.29, 1.82) is 0 Å². The van der Waals surface area contributed by atoms with Crippen molar-refractivity contribution in [3.63, 3.8) is 0 Å². The minimum atomic E-state index is -1.33. The fourth-order valence-electron chi connectivity index (χ4n) is 1.32. The van der Waals surface area contributed by atoms with Crippen molar-refractivity contribution in [2.45, 2.75) is 0 Å². The van der Waals surface area contributed by atoms with E-state index in [1.807, 2.05) is 0 Å². The molecule has 0 saturated heterocycles. The molecule has 0 fully saturated rings. The van der Waals surface area contributed by atoms with Gasteiger partial charge >= 0.3 is 11.6 Å². The molecule has 16 heavy (non-hydrogen) atoms. The molecule has 1 aromatic carbocycles. The molecule has 2 aromatic rings. The van der Waals surface area contributed by atoms with Crippen molar-refractivity contribution in [1.82, 2.24) is 0 Å². The fourth-order valence-corrected chi connectivity index (χ4v) is 1.87. The molecular formula is C10H4Cl2O4. The van der Waals surface area contributed by atoms with Gasteiger partial charge in [0.25, 0.3) is 0 Å². The second-order valence-corrected chi connectivity index (χ2v) is 3.90. The number of carboxylic acid groups (broad SMARTS) is 1. The standard InChI is InChI=1S/C10H4Cl2O4/c11-4-1-6-5(7(12)2-4)3-8(9(13)14)16-10(6)15/h1-3H,(H,13,14). The molecule has 82 valence electrons. The van der Waals surface area contributed by atoms with E-state index in [9.17, 15) is 9.59 Å². The number of hydrogen-bond acceptors (Lipinski definition) is 3. The van der Waals surface area contributed by atoms with Crippen LogP contribution in [0.4, 0.5) is 0 Å². The Morgan fingerprint density at radius 1 is 1.19 bits per heavy atom. The molecular weight excluding hydrogens is 255 g/mol. The lowest BCUT2D eigenvalue weighted by molar-refractivity contribution is 0.0658. The van der Waals surface area contributed by atoms with E-state index in [2.05, 4.69) is 4.42 Å². The lowest BCUT2D eigenvalue weighted by Gasteiger charge is -2.01. The number of carbonyl (C=O) groups is 1. The van der Waals surface area contributed by atoms with Crippen LogP contribution >= 0.6 is 23.2 Å². The Hall–Kier alpha value is -1.52. The highest BCUT2D eigenvalue weighted by molar-refractivity contribution is 6.38. The minimum Gasteiger partial charge on any atom is -0.475 e. The predicted molar refractivity (Wildman–Crippen MR) is 59.5 cm³/mol. The van der Waals surface area contributed by atoms with Gasteiger partial charge in [0.15, 0.2) is 0 Å². The highest BCUT2D eigenvalue weighted by Gasteiger charge is 2.13. The van der Waals surface area contributed by atoms with Gasteiger partial charge in [0.1, 0.15) is 0 Å². The summed E-state index contributed by atoms with van der Waals surface area (Å²) < 4.78 is 4.59. The topological polar surface area (TPSA) is 67.5 Å². The van der Waals surface area contributed by atoms with Crippen LogP contribution in [0.1, 0.15) is 10.6 Å². The molecule has 0 bridgehead atoms.